The molecule has 0 fully saturated rings. The van der Waals surface area contributed by atoms with Gasteiger partial charge < -0.3 is 4.43 Å². The highest BCUT2D eigenvalue weighted by Crippen LogP contribution is 2.37. The maximum Gasteiger partial charge on any atom is 0.261 e. The summed E-state index contributed by atoms with van der Waals surface area (Å²) in [6.07, 6.45) is 2.47. The van der Waals surface area contributed by atoms with E-state index in [0.717, 1.165) is 12.5 Å². The fourth-order valence-corrected chi connectivity index (χ4v) is 8.64. The molecule has 0 aliphatic heterocycles. The Hall–Kier alpha value is -1.38. The molecule has 0 aliphatic carbocycles. The normalized spacial score (nSPS) is 14.8. The van der Waals surface area contributed by atoms with Crippen LogP contribution in [0.3, 0.4) is 0 Å². The van der Waals surface area contributed by atoms with Crippen LogP contribution in [-0.2, 0) is 4.43 Å². The zero-order valence-electron chi connectivity index (χ0n) is 17.5. The maximum atomic E-state index is 7.01. The fraction of sp³-hybridized carbons (Fsp3) is 0.500. The van der Waals surface area contributed by atoms with Crippen LogP contribution >= 0.6 is 0 Å². The lowest BCUT2D eigenvalue weighted by Crippen LogP contribution is -2.66. The van der Waals surface area contributed by atoms with Crippen molar-refractivity contribution < 1.29 is 4.43 Å². The van der Waals surface area contributed by atoms with Gasteiger partial charge in [0.05, 0.1) is 0 Å². The number of benzene rings is 2. The van der Waals surface area contributed by atoms with Gasteiger partial charge in [0.2, 0.25) is 0 Å². The van der Waals surface area contributed by atoms with Gasteiger partial charge in [0.25, 0.3) is 8.32 Å². The summed E-state index contributed by atoms with van der Waals surface area (Å²) < 4.78 is 7.01. The minimum atomic E-state index is -2.37. The zero-order valence-corrected chi connectivity index (χ0v) is 18.5. The Morgan fingerprint density at radius 3 is 1.65 bits per heavy atom. The monoisotopic (exact) mass is 368 g/mol. The molecule has 0 spiro atoms. The lowest BCUT2D eigenvalue weighted by molar-refractivity contribution is 0.222. The van der Waals surface area contributed by atoms with E-state index in [9.17, 15) is 0 Å². The lowest BCUT2D eigenvalue weighted by atomic mass is 9.96. The molecule has 142 valence electrons. The fourth-order valence-electron chi connectivity index (χ4n) is 3.95. The molecule has 1 nitrogen and oxygen atoms in total. The van der Waals surface area contributed by atoms with E-state index >= 15 is 0 Å². The Bertz CT molecular complexity index is 605. The van der Waals surface area contributed by atoms with E-state index < -0.39 is 8.32 Å². The van der Waals surface area contributed by atoms with E-state index in [2.05, 4.69) is 102 Å². The molecule has 2 atom stereocenters. The highest BCUT2D eigenvalue weighted by molar-refractivity contribution is 6.99. The van der Waals surface area contributed by atoms with Crippen LogP contribution in [0.15, 0.2) is 60.7 Å². The second-order valence-corrected chi connectivity index (χ2v) is 13.1. The van der Waals surface area contributed by atoms with Gasteiger partial charge in [0.1, 0.15) is 0 Å². The van der Waals surface area contributed by atoms with E-state index in [1.807, 2.05) is 0 Å². The van der Waals surface area contributed by atoms with Crippen LogP contribution < -0.4 is 10.4 Å². The van der Waals surface area contributed by atoms with Crippen molar-refractivity contribution in [3.63, 3.8) is 0 Å². The molecular formula is C24H36OSi. The average molecular weight is 369 g/mol. The molecule has 0 aliphatic rings. The summed E-state index contributed by atoms with van der Waals surface area (Å²) in [7, 11) is -2.37. The molecule has 0 aromatic heterocycles. The van der Waals surface area contributed by atoms with Crippen LogP contribution in [0, 0.1) is 11.8 Å². The standard InChI is InChI=1S/C24H36OSi/c1-7-20(2)18-21(3)19-25-26(24(4,5)6,22-14-10-8-11-15-22)23-16-12-9-13-17-23/h8-17,20-21H,7,18-19H2,1-6H3/t20-,21-/m1/s1. The topological polar surface area (TPSA) is 9.23 Å². The first kappa shape index (κ1) is 20.9. The summed E-state index contributed by atoms with van der Waals surface area (Å²) in [6.45, 7) is 14.8. The van der Waals surface area contributed by atoms with Gasteiger partial charge in [-0.1, -0.05) is 109 Å². The Kier molecular flexibility index (Phi) is 7.25. The SMILES string of the molecule is CC[C@@H](C)C[C@@H](C)CO[Si](c1ccccc1)(c1ccccc1)C(C)(C)C. The summed E-state index contributed by atoms with van der Waals surface area (Å²) in [6, 6.07) is 21.9. The Morgan fingerprint density at radius 2 is 1.27 bits per heavy atom. The van der Waals surface area contributed by atoms with Gasteiger partial charge in [-0.25, -0.2) is 0 Å². The minimum Gasteiger partial charge on any atom is -0.407 e. The molecule has 0 bridgehead atoms. The third kappa shape index (κ3) is 4.66. The zero-order chi connectivity index (χ0) is 19.2. The van der Waals surface area contributed by atoms with Crippen molar-refractivity contribution in [3.05, 3.63) is 60.7 Å². The van der Waals surface area contributed by atoms with Crippen molar-refractivity contribution in [1.29, 1.82) is 0 Å². The molecule has 26 heavy (non-hydrogen) atoms. The van der Waals surface area contributed by atoms with Gasteiger partial charge in [-0.15, -0.1) is 0 Å². The van der Waals surface area contributed by atoms with Crippen LogP contribution in [0.1, 0.15) is 54.4 Å². The van der Waals surface area contributed by atoms with Crippen molar-refractivity contribution >= 4 is 18.7 Å². The van der Waals surface area contributed by atoms with Gasteiger partial charge in [-0.2, -0.15) is 0 Å². The molecule has 2 heteroatoms. The van der Waals surface area contributed by atoms with Crippen molar-refractivity contribution in [2.75, 3.05) is 6.61 Å². The molecule has 0 N–H and O–H groups in total. The number of hydrogen-bond acceptors (Lipinski definition) is 1. The van der Waals surface area contributed by atoms with Gasteiger partial charge in [0, 0.05) is 6.61 Å². The summed E-state index contributed by atoms with van der Waals surface area (Å²) in [5.74, 6) is 1.33. The number of hydrogen-bond donors (Lipinski definition) is 0. The third-order valence-corrected chi connectivity index (χ3v) is 10.5. The van der Waals surface area contributed by atoms with E-state index in [1.54, 1.807) is 0 Å². The van der Waals surface area contributed by atoms with Gasteiger partial charge >= 0.3 is 0 Å². The second-order valence-electron chi connectivity index (χ2n) is 8.83. The van der Waals surface area contributed by atoms with E-state index in [4.69, 9.17) is 4.43 Å². The van der Waals surface area contributed by atoms with Crippen molar-refractivity contribution in [3.8, 4) is 0 Å². The van der Waals surface area contributed by atoms with Crippen molar-refractivity contribution in [2.45, 2.75) is 59.4 Å². The first-order valence-corrected chi connectivity index (χ1v) is 12.0. The molecule has 2 aromatic carbocycles. The van der Waals surface area contributed by atoms with E-state index in [1.165, 1.54) is 23.2 Å². The molecule has 2 rings (SSSR count). The Morgan fingerprint density at radius 1 is 0.808 bits per heavy atom. The van der Waals surface area contributed by atoms with E-state index in [-0.39, 0.29) is 5.04 Å². The summed E-state index contributed by atoms with van der Waals surface area (Å²) in [5, 5.41) is 2.80. The van der Waals surface area contributed by atoms with Gasteiger partial charge in [0.15, 0.2) is 0 Å². The minimum absolute atomic E-state index is 0.0613. The molecule has 0 amide bonds. The highest BCUT2D eigenvalue weighted by Gasteiger charge is 2.50. The maximum absolute atomic E-state index is 7.01. The van der Waals surface area contributed by atoms with Crippen LogP contribution in [0.4, 0.5) is 0 Å². The highest BCUT2D eigenvalue weighted by atomic mass is 28.4. The van der Waals surface area contributed by atoms with Crippen LogP contribution in [0.2, 0.25) is 5.04 Å². The average Bonchev–Trinajstić information content (AvgIpc) is 2.62. The molecule has 0 saturated carbocycles. The van der Waals surface area contributed by atoms with Crippen molar-refractivity contribution in [2.24, 2.45) is 11.8 Å². The molecule has 0 radical (unpaired) electrons. The third-order valence-electron chi connectivity index (χ3n) is 5.50. The van der Waals surface area contributed by atoms with Gasteiger partial charge in [-0.3, -0.25) is 0 Å². The largest absolute Gasteiger partial charge is 0.407 e. The molecule has 0 heterocycles. The van der Waals surface area contributed by atoms with Gasteiger partial charge in [-0.05, 0) is 33.7 Å². The van der Waals surface area contributed by atoms with Crippen LogP contribution in [-0.4, -0.2) is 14.9 Å². The molecule has 0 unspecified atom stereocenters. The molecule has 0 saturated heterocycles. The van der Waals surface area contributed by atoms with Crippen molar-refractivity contribution in [1.82, 2.24) is 0 Å². The first-order valence-electron chi connectivity index (χ1n) is 10.1. The van der Waals surface area contributed by atoms with Crippen LogP contribution in [0.25, 0.3) is 0 Å². The Labute approximate surface area is 161 Å². The number of rotatable bonds is 8. The summed E-state index contributed by atoms with van der Waals surface area (Å²) in [5.41, 5.74) is 0. The lowest BCUT2D eigenvalue weighted by Gasteiger charge is -2.43. The molecule has 2 aromatic rings. The predicted octanol–water partition coefficient (Wildman–Crippen LogP) is 5.64. The smallest absolute Gasteiger partial charge is 0.261 e. The van der Waals surface area contributed by atoms with Crippen LogP contribution in [0.5, 0.6) is 0 Å². The molecular weight excluding hydrogens is 332 g/mol. The summed E-state index contributed by atoms with van der Waals surface area (Å²) in [4.78, 5) is 0. The first-order chi connectivity index (χ1) is 12.3. The van der Waals surface area contributed by atoms with E-state index in [0.29, 0.717) is 5.92 Å². The quantitative estimate of drug-likeness (QED) is 0.548. The Balaban J connectivity index is 2.44. The second kappa shape index (κ2) is 9.01. The summed E-state index contributed by atoms with van der Waals surface area (Å²) >= 11 is 0. The predicted molar refractivity (Wildman–Crippen MR) is 117 cm³/mol.